The second-order valence-corrected chi connectivity index (χ2v) is 7.72. The van der Waals surface area contributed by atoms with Gasteiger partial charge in [-0.25, -0.2) is 4.98 Å². The molecule has 0 radical (unpaired) electrons. The molecule has 1 aliphatic heterocycles. The van der Waals surface area contributed by atoms with E-state index in [2.05, 4.69) is 109 Å². The Bertz CT molecular complexity index is 1430. The monoisotopic (exact) mass is 384 g/mol. The zero-order chi connectivity index (χ0) is 19.9. The number of hydrogen-bond donors (Lipinski definition) is 1. The van der Waals surface area contributed by atoms with Crippen LogP contribution in [0.2, 0.25) is 0 Å². The number of nitrogens with zero attached hydrogens (tertiary/aromatic N) is 1. The molecule has 4 aromatic carbocycles. The van der Waals surface area contributed by atoms with Gasteiger partial charge in [-0.05, 0) is 40.1 Å². The maximum absolute atomic E-state index is 5.02. The van der Waals surface area contributed by atoms with Crippen LogP contribution in [0.4, 0.5) is 5.69 Å². The molecule has 2 heteroatoms. The summed E-state index contributed by atoms with van der Waals surface area (Å²) in [5, 5.41) is 7.21. The third-order valence-electron chi connectivity index (χ3n) is 5.99. The standard InChI is InChI=1S/C28H20N2/c1-3-11-21-19(8-1)10-7-13-22(21)28-23-12-4-6-15-26(23)29-18-24(28)27-17-16-20-9-2-5-14-25(20)30-27/h1-18,28-29H/t28-/m0/s1. The average molecular weight is 384 g/mol. The maximum Gasteiger partial charge on any atom is 0.0709 e. The van der Waals surface area contributed by atoms with Gasteiger partial charge < -0.3 is 5.32 Å². The Hall–Kier alpha value is -3.91. The molecule has 0 fully saturated rings. The zero-order valence-corrected chi connectivity index (χ0v) is 16.4. The lowest BCUT2D eigenvalue weighted by Gasteiger charge is -2.29. The van der Waals surface area contributed by atoms with Crippen molar-refractivity contribution in [3.05, 3.63) is 126 Å². The molecule has 1 atom stereocenters. The van der Waals surface area contributed by atoms with Gasteiger partial charge in [-0.2, -0.15) is 0 Å². The first-order chi connectivity index (χ1) is 14.9. The van der Waals surface area contributed by atoms with Crippen molar-refractivity contribution in [2.75, 3.05) is 5.32 Å². The van der Waals surface area contributed by atoms with Gasteiger partial charge >= 0.3 is 0 Å². The van der Waals surface area contributed by atoms with E-state index >= 15 is 0 Å². The summed E-state index contributed by atoms with van der Waals surface area (Å²) in [6.45, 7) is 0. The molecule has 0 saturated carbocycles. The normalized spacial score (nSPS) is 15.5. The van der Waals surface area contributed by atoms with Gasteiger partial charge in [-0.15, -0.1) is 0 Å². The van der Waals surface area contributed by atoms with E-state index in [-0.39, 0.29) is 5.92 Å². The fourth-order valence-corrected chi connectivity index (χ4v) is 4.57. The minimum Gasteiger partial charge on any atom is -0.361 e. The number of fused-ring (bicyclic) bond motifs is 3. The van der Waals surface area contributed by atoms with E-state index in [1.54, 1.807) is 0 Å². The Balaban J connectivity index is 1.61. The van der Waals surface area contributed by atoms with Gasteiger partial charge in [0.25, 0.3) is 0 Å². The lowest BCUT2D eigenvalue weighted by atomic mass is 9.79. The van der Waals surface area contributed by atoms with E-state index < -0.39 is 0 Å². The van der Waals surface area contributed by atoms with Gasteiger partial charge in [0.05, 0.1) is 11.2 Å². The van der Waals surface area contributed by atoms with Crippen molar-refractivity contribution in [1.82, 2.24) is 4.98 Å². The van der Waals surface area contributed by atoms with Gasteiger partial charge in [-0.1, -0.05) is 84.9 Å². The van der Waals surface area contributed by atoms with Crippen LogP contribution in [0.25, 0.3) is 27.2 Å². The minimum absolute atomic E-state index is 0.113. The number of benzene rings is 4. The largest absolute Gasteiger partial charge is 0.361 e. The SMILES string of the molecule is C1=C(c2ccc3ccccc3n2)[C@@H](c2cccc3ccccc23)c2ccccc2N1. The fraction of sp³-hybridized carbons (Fsp3) is 0.0357. The summed E-state index contributed by atoms with van der Waals surface area (Å²) in [7, 11) is 0. The molecule has 5 aromatic rings. The Morgan fingerprint density at radius 3 is 2.30 bits per heavy atom. The molecule has 1 N–H and O–H groups in total. The molecule has 0 spiro atoms. The van der Waals surface area contributed by atoms with Crippen LogP contribution in [0.15, 0.2) is 109 Å². The van der Waals surface area contributed by atoms with E-state index in [0.717, 1.165) is 22.3 Å². The first-order valence-electron chi connectivity index (χ1n) is 10.3. The summed E-state index contributed by atoms with van der Waals surface area (Å²) in [6, 6.07) is 36.4. The highest BCUT2D eigenvalue weighted by Crippen LogP contribution is 2.45. The van der Waals surface area contributed by atoms with Crippen LogP contribution in [0.3, 0.4) is 0 Å². The van der Waals surface area contributed by atoms with E-state index in [0.29, 0.717) is 0 Å². The number of allylic oxidation sites excluding steroid dienone is 1. The number of anilines is 1. The summed E-state index contributed by atoms with van der Waals surface area (Å²) >= 11 is 0. The van der Waals surface area contributed by atoms with Gasteiger partial charge in [0.2, 0.25) is 0 Å². The van der Waals surface area contributed by atoms with E-state index in [9.17, 15) is 0 Å². The predicted molar refractivity (Wildman–Crippen MR) is 126 cm³/mol. The molecule has 0 aliphatic carbocycles. The third kappa shape index (κ3) is 2.69. The number of rotatable bonds is 2. The molecule has 2 nitrogen and oxygen atoms in total. The lowest BCUT2D eigenvalue weighted by molar-refractivity contribution is 1.03. The summed E-state index contributed by atoms with van der Waals surface area (Å²) in [5.74, 6) is 0.113. The molecule has 0 bridgehead atoms. The van der Waals surface area contributed by atoms with Crippen LogP contribution in [0, 0.1) is 0 Å². The maximum atomic E-state index is 5.02. The fourth-order valence-electron chi connectivity index (χ4n) is 4.57. The summed E-state index contributed by atoms with van der Waals surface area (Å²) < 4.78 is 0. The van der Waals surface area contributed by atoms with Crippen LogP contribution >= 0.6 is 0 Å². The minimum atomic E-state index is 0.113. The average Bonchev–Trinajstić information content (AvgIpc) is 2.83. The highest BCUT2D eigenvalue weighted by Gasteiger charge is 2.28. The van der Waals surface area contributed by atoms with E-state index in [4.69, 9.17) is 4.98 Å². The molecule has 0 unspecified atom stereocenters. The number of pyridine rings is 1. The van der Waals surface area contributed by atoms with Crippen molar-refractivity contribution in [2.24, 2.45) is 0 Å². The molecular weight excluding hydrogens is 364 g/mol. The molecule has 1 aliphatic rings. The van der Waals surface area contributed by atoms with Crippen LogP contribution in [0.5, 0.6) is 0 Å². The van der Waals surface area contributed by atoms with Crippen LogP contribution < -0.4 is 5.32 Å². The molecule has 0 amide bonds. The van der Waals surface area contributed by atoms with Crippen LogP contribution in [-0.2, 0) is 0 Å². The third-order valence-corrected chi connectivity index (χ3v) is 5.99. The zero-order valence-electron chi connectivity index (χ0n) is 16.4. The highest BCUT2D eigenvalue weighted by atomic mass is 14.9. The van der Waals surface area contributed by atoms with E-state index in [1.165, 1.54) is 27.5 Å². The Morgan fingerprint density at radius 1 is 0.600 bits per heavy atom. The van der Waals surface area contributed by atoms with Gasteiger partial charge in [0, 0.05) is 28.8 Å². The first kappa shape index (κ1) is 17.0. The van der Waals surface area contributed by atoms with Crippen molar-refractivity contribution >= 4 is 32.9 Å². The Labute approximate surface area is 175 Å². The second kappa shape index (κ2) is 6.85. The first-order valence-corrected chi connectivity index (χ1v) is 10.3. The quantitative estimate of drug-likeness (QED) is 0.355. The van der Waals surface area contributed by atoms with Crippen molar-refractivity contribution in [3.8, 4) is 0 Å². The molecular formula is C28H20N2. The van der Waals surface area contributed by atoms with Crippen molar-refractivity contribution in [2.45, 2.75) is 5.92 Å². The molecule has 2 heterocycles. The predicted octanol–water partition coefficient (Wildman–Crippen LogP) is 6.99. The van der Waals surface area contributed by atoms with Gasteiger partial charge in [-0.3, -0.25) is 0 Å². The number of para-hydroxylation sites is 2. The van der Waals surface area contributed by atoms with Crippen LogP contribution in [-0.4, -0.2) is 4.98 Å². The Morgan fingerprint density at radius 2 is 1.33 bits per heavy atom. The van der Waals surface area contributed by atoms with Crippen molar-refractivity contribution < 1.29 is 0 Å². The summed E-state index contributed by atoms with van der Waals surface area (Å²) in [6.07, 6.45) is 2.13. The second-order valence-electron chi connectivity index (χ2n) is 7.72. The smallest absolute Gasteiger partial charge is 0.0709 e. The molecule has 30 heavy (non-hydrogen) atoms. The molecule has 142 valence electrons. The highest BCUT2D eigenvalue weighted by molar-refractivity contribution is 5.92. The lowest BCUT2D eigenvalue weighted by Crippen LogP contribution is -2.14. The topological polar surface area (TPSA) is 24.9 Å². The molecule has 1 aromatic heterocycles. The summed E-state index contributed by atoms with van der Waals surface area (Å²) in [4.78, 5) is 5.02. The molecule has 0 saturated heterocycles. The Kier molecular flexibility index (Phi) is 3.88. The van der Waals surface area contributed by atoms with Crippen LogP contribution in [0.1, 0.15) is 22.7 Å². The number of hydrogen-bond acceptors (Lipinski definition) is 2. The van der Waals surface area contributed by atoms with Gasteiger partial charge in [0.15, 0.2) is 0 Å². The van der Waals surface area contributed by atoms with Gasteiger partial charge in [0.1, 0.15) is 0 Å². The number of aromatic nitrogens is 1. The molecule has 6 rings (SSSR count). The van der Waals surface area contributed by atoms with Crippen molar-refractivity contribution in [3.63, 3.8) is 0 Å². The number of nitrogens with one attached hydrogen (secondary N) is 1. The van der Waals surface area contributed by atoms with Crippen molar-refractivity contribution in [1.29, 1.82) is 0 Å². The summed E-state index contributed by atoms with van der Waals surface area (Å²) in [5.41, 5.74) is 6.96. The van der Waals surface area contributed by atoms with E-state index in [1.807, 2.05) is 6.07 Å².